The minimum atomic E-state index is -0.537. The third-order valence-corrected chi connectivity index (χ3v) is 6.85. The molecule has 8 heteroatoms. The maximum atomic E-state index is 13.4. The predicted octanol–water partition coefficient (Wildman–Crippen LogP) is 6.19. The predicted molar refractivity (Wildman–Crippen MR) is 145 cm³/mol. The van der Waals surface area contributed by atoms with Crippen molar-refractivity contribution < 1.29 is 14.3 Å². The van der Waals surface area contributed by atoms with E-state index in [4.69, 9.17) is 21.4 Å². The van der Waals surface area contributed by atoms with Crippen LogP contribution in [-0.2, 0) is 11.3 Å². The largest absolute Gasteiger partial charge is 0.444 e. The Bertz CT molecular complexity index is 1250. The average Bonchev–Trinajstić information content (AvgIpc) is 3.27. The van der Waals surface area contributed by atoms with E-state index in [1.807, 2.05) is 55.8 Å². The van der Waals surface area contributed by atoms with Crippen LogP contribution in [0, 0.1) is 13.8 Å². The summed E-state index contributed by atoms with van der Waals surface area (Å²) in [4.78, 5) is 27.8. The van der Waals surface area contributed by atoms with Crippen LogP contribution in [0.5, 0.6) is 0 Å². The Morgan fingerprint density at radius 3 is 2.27 bits per heavy atom. The Morgan fingerprint density at radius 1 is 1.05 bits per heavy atom. The molecule has 1 fully saturated rings. The van der Waals surface area contributed by atoms with Gasteiger partial charge >= 0.3 is 6.09 Å². The molecular weight excluding hydrogens is 488 g/mol. The summed E-state index contributed by atoms with van der Waals surface area (Å²) in [6.07, 6.45) is 2.80. The summed E-state index contributed by atoms with van der Waals surface area (Å²) in [5.41, 5.74) is 5.04. The van der Waals surface area contributed by atoms with Gasteiger partial charge in [-0.15, -0.1) is 0 Å². The molecule has 0 aliphatic carbocycles. The average molecular weight is 523 g/mol. The zero-order valence-electron chi connectivity index (χ0n) is 22.2. The maximum Gasteiger partial charge on any atom is 0.410 e. The van der Waals surface area contributed by atoms with E-state index in [-0.39, 0.29) is 17.9 Å². The molecule has 1 aliphatic heterocycles. The first-order valence-electron chi connectivity index (χ1n) is 12.7. The SMILES string of the molecule is Cc1cccc(C)c1-n1ncc(C(=O)NCc2ccc(Cl)cc2)c1C1CCN(C(=O)OC(C)(C)C)CC1. The molecule has 0 bridgehead atoms. The molecule has 1 N–H and O–H groups in total. The van der Waals surface area contributed by atoms with Crippen LogP contribution in [0.2, 0.25) is 5.02 Å². The number of ether oxygens (including phenoxy) is 1. The van der Waals surface area contributed by atoms with Crippen molar-refractivity contribution >= 4 is 23.6 Å². The van der Waals surface area contributed by atoms with Crippen molar-refractivity contribution in [1.82, 2.24) is 20.0 Å². The van der Waals surface area contributed by atoms with E-state index >= 15 is 0 Å². The molecule has 0 spiro atoms. The van der Waals surface area contributed by atoms with Crippen LogP contribution >= 0.6 is 11.6 Å². The van der Waals surface area contributed by atoms with E-state index in [1.54, 1.807) is 11.1 Å². The number of nitrogens with zero attached hydrogens (tertiary/aromatic N) is 3. The number of halogens is 1. The topological polar surface area (TPSA) is 76.5 Å². The van der Waals surface area contributed by atoms with Crippen molar-refractivity contribution in [3.63, 3.8) is 0 Å². The highest BCUT2D eigenvalue weighted by molar-refractivity contribution is 6.30. The minimum Gasteiger partial charge on any atom is -0.444 e. The van der Waals surface area contributed by atoms with Crippen molar-refractivity contribution in [3.8, 4) is 5.69 Å². The number of aromatic nitrogens is 2. The molecule has 2 heterocycles. The summed E-state index contributed by atoms with van der Waals surface area (Å²) in [6, 6.07) is 13.6. The fourth-order valence-corrected chi connectivity index (χ4v) is 4.91. The number of aryl methyl sites for hydroxylation is 2. The maximum absolute atomic E-state index is 13.4. The Kier molecular flexibility index (Phi) is 7.93. The lowest BCUT2D eigenvalue weighted by atomic mass is 9.90. The lowest BCUT2D eigenvalue weighted by Gasteiger charge is -2.34. The van der Waals surface area contributed by atoms with Gasteiger partial charge in [-0.2, -0.15) is 5.10 Å². The van der Waals surface area contributed by atoms with Gasteiger partial charge < -0.3 is 15.0 Å². The van der Waals surface area contributed by atoms with Crippen molar-refractivity contribution in [1.29, 1.82) is 0 Å². The molecule has 0 radical (unpaired) electrons. The number of likely N-dealkylation sites (tertiary alicyclic amines) is 1. The second-order valence-corrected chi connectivity index (χ2v) is 11.1. The third kappa shape index (κ3) is 6.34. The first kappa shape index (κ1) is 26.7. The van der Waals surface area contributed by atoms with Gasteiger partial charge in [0.15, 0.2) is 0 Å². The van der Waals surface area contributed by atoms with Crippen LogP contribution in [0.1, 0.15) is 72.3 Å². The number of para-hydroxylation sites is 1. The fourth-order valence-electron chi connectivity index (χ4n) is 4.79. The Balaban J connectivity index is 1.61. The molecule has 3 aromatic rings. The van der Waals surface area contributed by atoms with Crippen LogP contribution in [-0.4, -0.2) is 45.4 Å². The first-order chi connectivity index (χ1) is 17.5. The monoisotopic (exact) mass is 522 g/mol. The zero-order valence-corrected chi connectivity index (χ0v) is 22.9. The van der Waals surface area contributed by atoms with Gasteiger partial charge in [-0.05, 0) is 76.3 Å². The molecule has 1 aromatic heterocycles. The van der Waals surface area contributed by atoms with Crippen molar-refractivity contribution in [3.05, 3.63) is 81.6 Å². The summed E-state index contributed by atoms with van der Waals surface area (Å²) in [7, 11) is 0. The highest BCUT2D eigenvalue weighted by Gasteiger charge is 2.32. The highest BCUT2D eigenvalue weighted by atomic mass is 35.5. The quantitative estimate of drug-likeness (QED) is 0.433. The molecule has 2 aromatic carbocycles. The number of benzene rings is 2. The molecular formula is C29H35ClN4O3. The third-order valence-electron chi connectivity index (χ3n) is 6.60. The highest BCUT2D eigenvalue weighted by Crippen LogP contribution is 2.34. The summed E-state index contributed by atoms with van der Waals surface area (Å²) in [6.45, 7) is 11.2. The Hall–Kier alpha value is -3.32. The van der Waals surface area contributed by atoms with Crippen LogP contribution in [0.15, 0.2) is 48.7 Å². The molecule has 0 unspecified atom stereocenters. The van der Waals surface area contributed by atoms with Crippen molar-refractivity contribution in [2.75, 3.05) is 13.1 Å². The minimum absolute atomic E-state index is 0.0662. The molecule has 0 atom stereocenters. The van der Waals surface area contributed by atoms with Gasteiger partial charge in [-0.25, -0.2) is 9.48 Å². The lowest BCUT2D eigenvalue weighted by Crippen LogP contribution is -2.41. The zero-order chi connectivity index (χ0) is 26.7. The molecule has 0 saturated carbocycles. The number of hydrogen-bond acceptors (Lipinski definition) is 4. The van der Waals surface area contributed by atoms with Crippen molar-refractivity contribution in [2.45, 2.75) is 65.5 Å². The van der Waals surface area contributed by atoms with Crippen LogP contribution in [0.4, 0.5) is 4.79 Å². The van der Waals surface area contributed by atoms with Gasteiger partial charge in [-0.1, -0.05) is 41.9 Å². The van der Waals surface area contributed by atoms with Gasteiger partial charge in [-0.3, -0.25) is 4.79 Å². The summed E-state index contributed by atoms with van der Waals surface area (Å²) < 4.78 is 7.49. The van der Waals surface area contributed by atoms with E-state index in [2.05, 4.69) is 31.3 Å². The number of rotatable bonds is 5. The van der Waals surface area contributed by atoms with Crippen LogP contribution in [0.3, 0.4) is 0 Å². The second-order valence-electron chi connectivity index (χ2n) is 10.6. The lowest BCUT2D eigenvalue weighted by molar-refractivity contribution is 0.0203. The normalized spacial score (nSPS) is 14.5. The van der Waals surface area contributed by atoms with Crippen LogP contribution in [0.25, 0.3) is 5.69 Å². The molecule has 7 nitrogen and oxygen atoms in total. The van der Waals surface area contributed by atoms with E-state index < -0.39 is 5.60 Å². The van der Waals surface area contributed by atoms with E-state index in [9.17, 15) is 9.59 Å². The molecule has 37 heavy (non-hydrogen) atoms. The van der Waals surface area contributed by atoms with E-state index in [0.29, 0.717) is 43.1 Å². The molecule has 1 aliphatic rings. The Labute approximate surface area is 223 Å². The molecule has 4 rings (SSSR count). The number of amides is 2. The standard InChI is InChI=1S/C29H35ClN4O3/c1-19-7-6-8-20(2)25(19)34-26(22-13-15-33(16-14-22)28(36)37-29(3,4)5)24(18-32-34)27(35)31-17-21-9-11-23(30)12-10-21/h6-12,18,22H,13-17H2,1-5H3,(H,31,35). The number of carbonyl (C=O) groups is 2. The number of piperidine rings is 1. The second kappa shape index (κ2) is 11.0. The fraction of sp³-hybridized carbons (Fsp3) is 0.414. The smallest absolute Gasteiger partial charge is 0.410 e. The number of nitrogens with one attached hydrogen (secondary N) is 1. The summed E-state index contributed by atoms with van der Waals surface area (Å²) in [5.74, 6) is -0.103. The van der Waals surface area contributed by atoms with Crippen LogP contribution < -0.4 is 5.32 Å². The molecule has 196 valence electrons. The van der Waals surface area contributed by atoms with Gasteiger partial charge in [0.2, 0.25) is 0 Å². The van der Waals surface area contributed by atoms with Gasteiger partial charge in [0.25, 0.3) is 5.91 Å². The molecule has 2 amide bonds. The van der Waals surface area contributed by atoms with Gasteiger partial charge in [0.1, 0.15) is 5.60 Å². The van der Waals surface area contributed by atoms with Crippen molar-refractivity contribution in [2.24, 2.45) is 0 Å². The van der Waals surface area contributed by atoms with E-state index in [1.165, 1.54) is 0 Å². The number of carbonyl (C=O) groups excluding carboxylic acids is 2. The Morgan fingerprint density at radius 2 is 1.68 bits per heavy atom. The summed E-state index contributed by atoms with van der Waals surface area (Å²) in [5, 5.41) is 8.41. The van der Waals surface area contributed by atoms with Gasteiger partial charge in [0, 0.05) is 30.6 Å². The van der Waals surface area contributed by atoms with E-state index in [0.717, 1.165) is 28.1 Å². The summed E-state index contributed by atoms with van der Waals surface area (Å²) >= 11 is 5.99. The first-order valence-corrected chi connectivity index (χ1v) is 13.1. The number of hydrogen-bond donors (Lipinski definition) is 1. The molecule has 1 saturated heterocycles. The van der Waals surface area contributed by atoms with Gasteiger partial charge in [0.05, 0.1) is 23.1 Å².